The molecule has 2 nitrogen and oxygen atoms in total. The summed E-state index contributed by atoms with van der Waals surface area (Å²) in [5.74, 6) is 1.04. The summed E-state index contributed by atoms with van der Waals surface area (Å²) in [7, 11) is 0. The van der Waals surface area contributed by atoms with Gasteiger partial charge in [-0.05, 0) is 44.8 Å². The van der Waals surface area contributed by atoms with E-state index < -0.39 is 0 Å². The molecule has 1 N–H and O–H groups in total. The van der Waals surface area contributed by atoms with E-state index in [9.17, 15) is 0 Å². The van der Waals surface area contributed by atoms with E-state index in [1.807, 2.05) is 0 Å². The minimum atomic E-state index is 0.754. The third-order valence-corrected chi connectivity index (χ3v) is 4.78. The van der Waals surface area contributed by atoms with Crippen LogP contribution < -0.4 is 5.32 Å². The van der Waals surface area contributed by atoms with Gasteiger partial charge in [0.15, 0.2) is 0 Å². The molecule has 2 rings (SSSR count). The summed E-state index contributed by atoms with van der Waals surface area (Å²) in [6.07, 6.45) is 12.9. The van der Waals surface area contributed by atoms with Gasteiger partial charge in [-0.3, -0.25) is 0 Å². The van der Waals surface area contributed by atoms with Crippen molar-refractivity contribution in [2.75, 3.05) is 26.2 Å². The molecule has 2 fully saturated rings. The van der Waals surface area contributed by atoms with Gasteiger partial charge in [0.25, 0.3) is 0 Å². The maximum atomic E-state index is 3.71. The fourth-order valence-corrected chi connectivity index (χ4v) is 3.66. The predicted molar refractivity (Wildman–Crippen MR) is 78.9 cm³/mol. The zero-order valence-electron chi connectivity index (χ0n) is 12.3. The highest BCUT2D eigenvalue weighted by atomic mass is 15.2. The summed E-state index contributed by atoms with van der Waals surface area (Å²) in [5, 5.41) is 3.71. The van der Waals surface area contributed by atoms with Crippen LogP contribution in [0.15, 0.2) is 0 Å². The fourth-order valence-electron chi connectivity index (χ4n) is 3.66. The number of rotatable bonds is 5. The van der Waals surface area contributed by atoms with Crippen molar-refractivity contribution in [2.24, 2.45) is 5.92 Å². The average Bonchev–Trinajstić information content (AvgIpc) is 2.63. The second kappa shape index (κ2) is 8.16. The third-order valence-electron chi connectivity index (χ3n) is 4.78. The monoisotopic (exact) mass is 252 g/mol. The van der Waals surface area contributed by atoms with E-state index in [-0.39, 0.29) is 0 Å². The molecule has 1 aliphatic heterocycles. The van der Waals surface area contributed by atoms with Crippen molar-refractivity contribution in [3.63, 3.8) is 0 Å². The summed E-state index contributed by atoms with van der Waals surface area (Å²) >= 11 is 0. The van der Waals surface area contributed by atoms with E-state index >= 15 is 0 Å². The number of nitrogens with zero attached hydrogens (tertiary/aromatic N) is 1. The zero-order valence-corrected chi connectivity index (χ0v) is 12.3. The molecule has 1 atom stereocenters. The second-order valence-corrected chi connectivity index (χ2v) is 6.39. The largest absolute Gasteiger partial charge is 0.313 e. The van der Waals surface area contributed by atoms with Crippen LogP contribution in [0.3, 0.4) is 0 Å². The van der Waals surface area contributed by atoms with Crippen LogP contribution in [0.1, 0.15) is 64.7 Å². The van der Waals surface area contributed by atoms with Gasteiger partial charge in [0.05, 0.1) is 0 Å². The molecule has 0 aromatic carbocycles. The van der Waals surface area contributed by atoms with Crippen molar-refractivity contribution in [3.05, 3.63) is 0 Å². The first-order valence-electron chi connectivity index (χ1n) is 8.34. The van der Waals surface area contributed by atoms with Crippen LogP contribution in [0.5, 0.6) is 0 Å². The molecule has 106 valence electrons. The highest BCUT2D eigenvalue weighted by Crippen LogP contribution is 2.26. The van der Waals surface area contributed by atoms with Crippen molar-refractivity contribution in [3.8, 4) is 0 Å². The molecule has 0 aromatic heterocycles. The van der Waals surface area contributed by atoms with Crippen LogP contribution >= 0.6 is 0 Å². The number of nitrogens with one attached hydrogen (secondary N) is 1. The van der Waals surface area contributed by atoms with E-state index in [1.54, 1.807) is 0 Å². The molecule has 1 heterocycles. The Labute approximate surface area is 114 Å². The molecule has 0 aromatic rings. The van der Waals surface area contributed by atoms with Crippen LogP contribution in [0.2, 0.25) is 0 Å². The first-order chi connectivity index (χ1) is 8.88. The van der Waals surface area contributed by atoms with Gasteiger partial charge in [-0.1, -0.05) is 45.4 Å². The van der Waals surface area contributed by atoms with Gasteiger partial charge in [0.2, 0.25) is 0 Å². The Kier molecular flexibility index (Phi) is 6.50. The standard InChI is InChI=1S/C16H32N2/c1-2-7-16-14-18(12-6-11-17-16)13-10-15-8-4-3-5-9-15/h15-17H,2-14H2,1H3. The lowest BCUT2D eigenvalue weighted by Gasteiger charge is -2.27. The molecule has 0 amide bonds. The van der Waals surface area contributed by atoms with E-state index in [0.717, 1.165) is 12.0 Å². The average molecular weight is 252 g/mol. The molecule has 0 radical (unpaired) electrons. The molecule has 1 aliphatic carbocycles. The predicted octanol–water partition coefficient (Wildman–Crippen LogP) is 3.42. The highest BCUT2D eigenvalue weighted by Gasteiger charge is 2.19. The Bertz CT molecular complexity index is 211. The smallest absolute Gasteiger partial charge is 0.0194 e. The van der Waals surface area contributed by atoms with Crippen LogP contribution in [-0.2, 0) is 0 Å². The second-order valence-electron chi connectivity index (χ2n) is 6.39. The minimum Gasteiger partial charge on any atom is -0.313 e. The normalized spacial score (nSPS) is 28.2. The molecule has 2 heteroatoms. The van der Waals surface area contributed by atoms with Crippen LogP contribution in [0.4, 0.5) is 0 Å². The Hall–Kier alpha value is -0.0800. The lowest BCUT2D eigenvalue weighted by atomic mass is 9.87. The van der Waals surface area contributed by atoms with E-state index in [2.05, 4.69) is 17.1 Å². The van der Waals surface area contributed by atoms with Gasteiger partial charge < -0.3 is 10.2 Å². The zero-order chi connectivity index (χ0) is 12.6. The molecule has 1 unspecified atom stereocenters. The number of hydrogen-bond acceptors (Lipinski definition) is 2. The first kappa shape index (κ1) is 14.3. The molecule has 1 saturated heterocycles. The quantitative estimate of drug-likeness (QED) is 0.806. The van der Waals surface area contributed by atoms with Crippen molar-refractivity contribution in [1.82, 2.24) is 10.2 Å². The maximum Gasteiger partial charge on any atom is 0.0194 e. The van der Waals surface area contributed by atoms with E-state index in [1.165, 1.54) is 84.0 Å². The molecule has 2 aliphatic rings. The van der Waals surface area contributed by atoms with Crippen molar-refractivity contribution < 1.29 is 0 Å². The first-order valence-corrected chi connectivity index (χ1v) is 8.34. The van der Waals surface area contributed by atoms with Gasteiger partial charge in [-0.2, -0.15) is 0 Å². The molecule has 18 heavy (non-hydrogen) atoms. The SMILES string of the molecule is CCCC1CN(CCC2CCCCC2)CCCN1. The molecule has 0 spiro atoms. The number of hydrogen-bond donors (Lipinski definition) is 1. The van der Waals surface area contributed by atoms with E-state index in [0.29, 0.717) is 0 Å². The van der Waals surface area contributed by atoms with Crippen LogP contribution in [0.25, 0.3) is 0 Å². The lowest BCUT2D eigenvalue weighted by Crippen LogP contribution is -2.38. The van der Waals surface area contributed by atoms with Crippen molar-refractivity contribution in [2.45, 2.75) is 70.8 Å². The summed E-state index contributed by atoms with van der Waals surface area (Å²) in [5.41, 5.74) is 0. The summed E-state index contributed by atoms with van der Waals surface area (Å²) in [4.78, 5) is 2.73. The topological polar surface area (TPSA) is 15.3 Å². The third kappa shape index (κ3) is 4.89. The van der Waals surface area contributed by atoms with Crippen molar-refractivity contribution in [1.29, 1.82) is 0 Å². The van der Waals surface area contributed by atoms with Gasteiger partial charge in [0.1, 0.15) is 0 Å². The Morgan fingerprint density at radius 3 is 2.67 bits per heavy atom. The van der Waals surface area contributed by atoms with E-state index in [4.69, 9.17) is 0 Å². The molecular weight excluding hydrogens is 220 g/mol. The summed E-state index contributed by atoms with van der Waals surface area (Å²) in [6, 6.07) is 0.754. The van der Waals surface area contributed by atoms with Gasteiger partial charge in [-0.25, -0.2) is 0 Å². The Morgan fingerprint density at radius 2 is 1.89 bits per heavy atom. The minimum absolute atomic E-state index is 0.754. The van der Waals surface area contributed by atoms with Gasteiger partial charge in [-0.15, -0.1) is 0 Å². The van der Waals surface area contributed by atoms with Crippen LogP contribution in [-0.4, -0.2) is 37.1 Å². The fraction of sp³-hybridized carbons (Fsp3) is 1.00. The highest BCUT2D eigenvalue weighted by molar-refractivity contribution is 4.77. The van der Waals surface area contributed by atoms with Gasteiger partial charge >= 0.3 is 0 Å². The lowest BCUT2D eigenvalue weighted by molar-refractivity contribution is 0.225. The molecule has 1 saturated carbocycles. The maximum absolute atomic E-state index is 3.71. The molecule has 0 bridgehead atoms. The summed E-state index contributed by atoms with van der Waals surface area (Å²) < 4.78 is 0. The van der Waals surface area contributed by atoms with Crippen LogP contribution in [0, 0.1) is 5.92 Å². The Morgan fingerprint density at radius 1 is 1.06 bits per heavy atom. The van der Waals surface area contributed by atoms with Crippen molar-refractivity contribution >= 4 is 0 Å². The van der Waals surface area contributed by atoms with Gasteiger partial charge in [0, 0.05) is 12.6 Å². The Balaban J connectivity index is 1.69. The molecular formula is C16H32N2. The summed E-state index contributed by atoms with van der Waals surface area (Å²) in [6.45, 7) is 7.50.